The third-order valence-electron chi connectivity index (χ3n) is 4.36. The summed E-state index contributed by atoms with van der Waals surface area (Å²) >= 11 is 0. The summed E-state index contributed by atoms with van der Waals surface area (Å²) in [6.07, 6.45) is 2.66. The normalized spacial score (nSPS) is 19.2. The molecule has 1 aromatic heterocycles. The van der Waals surface area contributed by atoms with E-state index in [0.29, 0.717) is 12.2 Å². The van der Waals surface area contributed by atoms with Gasteiger partial charge in [-0.05, 0) is 44.0 Å². The lowest BCUT2D eigenvalue weighted by atomic mass is 9.90. The van der Waals surface area contributed by atoms with E-state index in [0.717, 1.165) is 49.6 Å². The summed E-state index contributed by atoms with van der Waals surface area (Å²) in [5.74, 6) is 2.47. The molecule has 0 amide bonds. The number of carbonyl (C=O) groups is 1. The summed E-state index contributed by atoms with van der Waals surface area (Å²) in [7, 11) is 0. The summed E-state index contributed by atoms with van der Waals surface area (Å²) in [5, 5.41) is 0. The van der Waals surface area contributed by atoms with E-state index < -0.39 is 0 Å². The van der Waals surface area contributed by atoms with Gasteiger partial charge in [0.15, 0.2) is 0 Å². The molecule has 3 heteroatoms. The third kappa shape index (κ3) is 3.86. The number of piperidine rings is 1. The Bertz CT molecular complexity index is 617. The molecule has 0 aliphatic carbocycles. The van der Waals surface area contributed by atoms with Gasteiger partial charge in [0.25, 0.3) is 0 Å². The van der Waals surface area contributed by atoms with Crippen molar-refractivity contribution in [2.24, 2.45) is 5.92 Å². The summed E-state index contributed by atoms with van der Waals surface area (Å²) in [5.41, 5.74) is 1.12. The Morgan fingerprint density at radius 3 is 2.77 bits per heavy atom. The number of hydrogen-bond acceptors (Lipinski definition) is 3. The molecule has 0 N–H and O–H groups in total. The number of ketones is 1. The van der Waals surface area contributed by atoms with Gasteiger partial charge >= 0.3 is 0 Å². The van der Waals surface area contributed by atoms with Crippen molar-refractivity contribution in [2.75, 3.05) is 13.1 Å². The first kappa shape index (κ1) is 15.0. The van der Waals surface area contributed by atoms with Gasteiger partial charge in [-0.3, -0.25) is 9.69 Å². The monoisotopic (exact) mass is 297 g/mol. The van der Waals surface area contributed by atoms with Crippen LogP contribution in [0.4, 0.5) is 0 Å². The van der Waals surface area contributed by atoms with Crippen LogP contribution in [0, 0.1) is 12.8 Å². The van der Waals surface area contributed by atoms with Crippen LogP contribution in [-0.2, 0) is 17.8 Å². The van der Waals surface area contributed by atoms with Gasteiger partial charge < -0.3 is 4.42 Å². The maximum absolute atomic E-state index is 12.5. The molecule has 0 saturated carbocycles. The van der Waals surface area contributed by atoms with Gasteiger partial charge in [-0.1, -0.05) is 30.3 Å². The van der Waals surface area contributed by atoms with Crippen molar-refractivity contribution in [3.8, 4) is 0 Å². The van der Waals surface area contributed by atoms with Crippen LogP contribution < -0.4 is 0 Å². The molecule has 1 aliphatic rings. The average molecular weight is 297 g/mol. The highest BCUT2D eigenvalue weighted by Crippen LogP contribution is 2.21. The number of carbonyl (C=O) groups excluding carboxylic acids is 1. The van der Waals surface area contributed by atoms with E-state index >= 15 is 0 Å². The van der Waals surface area contributed by atoms with Gasteiger partial charge in [-0.2, -0.15) is 0 Å². The third-order valence-corrected chi connectivity index (χ3v) is 4.36. The summed E-state index contributed by atoms with van der Waals surface area (Å²) in [6.45, 7) is 4.68. The minimum atomic E-state index is 0.157. The summed E-state index contributed by atoms with van der Waals surface area (Å²) in [4.78, 5) is 14.9. The van der Waals surface area contributed by atoms with E-state index in [9.17, 15) is 4.79 Å². The van der Waals surface area contributed by atoms with Gasteiger partial charge in [-0.25, -0.2) is 0 Å². The molecule has 2 aromatic rings. The van der Waals surface area contributed by atoms with Gasteiger partial charge in [0.1, 0.15) is 17.3 Å². The standard InChI is InChI=1S/C19H23NO2/c1-15-9-10-18(22-15)14-20-11-5-8-17(13-20)19(21)12-16-6-3-2-4-7-16/h2-4,6-7,9-10,17H,5,8,11-14H2,1H3. The Hall–Kier alpha value is -1.87. The van der Waals surface area contributed by atoms with E-state index in [2.05, 4.69) is 4.90 Å². The molecule has 1 aromatic carbocycles. The molecule has 2 heterocycles. The summed E-state index contributed by atoms with van der Waals surface area (Å²) < 4.78 is 5.65. The second-order valence-corrected chi connectivity index (χ2v) is 6.22. The number of furan rings is 1. The van der Waals surface area contributed by atoms with Crippen LogP contribution in [-0.4, -0.2) is 23.8 Å². The molecule has 1 fully saturated rings. The van der Waals surface area contributed by atoms with E-state index in [1.54, 1.807) is 0 Å². The van der Waals surface area contributed by atoms with Crippen molar-refractivity contribution in [3.05, 3.63) is 59.5 Å². The zero-order valence-corrected chi connectivity index (χ0v) is 13.1. The van der Waals surface area contributed by atoms with E-state index in [1.807, 2.05) is 49.4 Å². The molecule has 0 spiro atoms. The zero-order chi connectivity index (χ0) is 15.4. The van der Waals surface area contributed by atoms with Crippen LogP contribution in [0.1, 0.15) is 29.9 Å². The molecule has 1 atom stereocenters. The van der Waals surface area contributed by atoms with Gasteiger partial charge in [0.05, 0.1) is 6.54 Å². The maximum Gasteiger partial charge on any atom is 0.141 e. The van der Waals surface area contributed by atoms with Crippen LogP contribution >= 0.6 is 0 Å². The molecular formula is C19H23NO2. The minimum absolute atomic E-state index is 0.157. The molecule has 1 aliphatic heterocycles. The number of Topliss-reactive ketones (excluding diaryl/α,β-unsaturated/α-hetero) is 1. The number of likely N-dealkylation sites (tertiary alicyclic amines) is 1. The second kappa shape index (κ2) is 6.93. The van der Waals surface area contributed by atoms with E-state index in [-0.39, 0.29) is 5.92 Å². The van der Waals surface area contributed by atoms with Crippen LogP contribution in [0.3, 0.4) is 0 Å². The fraction of sp³-hybridized carbons (Fsp3) is 0.421. The Labute approximate surface area is 131 Å². The van der Waals surface area contributed by atoms with Gasteiger partial charge in [-0.15, -0.1) is 0 Å². The SMILES string of the molecule is Cc1ccc(CN2CCCC(C(=O)Cc3ccccc3)C2)o1. The molecule has 1 unspecified atom stereocenters. The largest absolute Gasteiger partial charge is 0.465 e. The van der Waals surface area contributed by atoms with Crippen LogP contribution in [0.5, 0.6) is 0 Å². The van der Waals surface area contributed by atoms with Gasteiger partial charge in [0.2, 0.25) is 0 Å². The van der Waals surface area contributed by atoms with Crippen molar-refractivity contribution in [1.82, 2.24) is 4.90 Å². The first-order valence-electron chi connectivity index (χ1n) is 8.05. The fourth-order valence-electron chi connectivity index (χ4n) is 3.19. The molecule has 3 rings (SSSR count). The number of hydrogen-bond donors (Lipinski definition) is 0. The Morgan fingerprint density at radius 2 is 2.05 bits per heavy atom. The number of aryl methyl sites for hydroxylation is 1. The van der Waals surface area contributed by atoms with E-state index in [1.165, 1.54) is 0 Å². The first-order valence-corrected chi connectivity index (χ1v) is 8.05. The van der Waals surface area contributed by atoms with Crippen molar-refractivity contribution < 1.29 is 9.21 Å². The zero-order valence-electron chi connectivity index (χ0n) is 13.1. The topological polar surface area (TPSA) is 33.5 Å². The smallest absolute Gasteiger partial charge is 0.141 e. The quantitative estimate of drug-likeness (QED) is 0.845. The summed E-state index contributed by atoms with van der Waals surface area (Å²) in [6, 6.07) is 14.1. The van der Waals surface area contributed by atoms with Crippen molar-refractivity contribution >= 4 is 5.78 Å². The number of rotatable bonds is 5. The average Bonchev–Trinajstić information content (AvgIpc) is 2.93. The van der Waals surface area contributed by atoms with E-state index in [4.69, 9.17) is 4.42 Å². The van der Waals surface area contributed by atoms with Crippen LogP contribution in [0.25, 0.3) is 0 Å². The van der Waals surface area contributed by atoms with Crippen molar-refractivity contribution in [3.63, 3.8) is 0 Å². The molecule has 116 valence electrons. The highest BCUT2D eigenvalue weighted by Gasteiger charge is 2.26. The molecule has 1 saturated heterocycles. The van der Waals surface area contributed by atoms with Crippen molar-refractivity contribution in [1.29, 1.82) is 0 Å². The maximum atomic E-state index is 12.5. The lowest BCUT2D eigenvalue weighted by Crippen LogP contribution is -2.38. The molecule has 0 radical (unpaired) electrons. The number of nitrogens with zero attached hydrogens (tertiary/aromatic N) is 1. The predicted octanol–water partition coefficient (Wildman–Crippen LogP) is 3.61. The Morgan fingerprint density at radius 1 is 1.23 bits per heavy atom. The second-order valence-electron chi connectivity index (χ2n) is 6.22. The predicted molar refractivity (Wildman–Crippen MR) is 86.6 cm³/mol. The Kier molecular flexibility index (Phi) is 4.74. The Balaban J connectivity index is 1.57. The van der Waals surface area contributed by atoms with Gasteiger partial charge in [0, 0.05) is 18.9 Å². The highest BCUT2D eigenvalue weighted by molar-refractivity contribution is 5.83. The van der Waals surface area contributed by atoms with Crippen LogP contribution in [0.15, 0.2) is 46.9 Å². The highest BCUT2D eigenvalue weighted by atomic mass is 16.3. The minimum Gasteiger partial charge on any atom is -0.465 e. The van der Waals surface area contributed by atoms with Crippen molar-refractivity contribution in [2.45, 2.75) is 32.7 Å². The lowest BCUT2D eigenvalue weighted by Gasteiger charge is -2.31. The number of benzene rings is 1. The molecule has 0 bridgehead atoms. The molecular weight excluding hydrogens is 274 g/mol. The first-order chi connectivity index (χ1) is 10.7. The fourth-order valence-corrected chi connectivity index (χ4v) is 3.19. The van der Waals surface area contributed by atoms with Crippen LogP contribution in [0.2, 0.25) is 0 Å². The lowest BCUT2D eigenvalue weighted by molar-refractivity contribution is -0.124. The molecule has 22 heavy (non-hydrogen) atoms. The molecule has 3 nitrogen and oxygen atoms in total.